The van der Waals surface area contributed by atoms with Gasteiger partial charge in [-0.1, -0.05) is 0 Å². The highest BCUT2D eigenvalue weighted by Gasteiger charge is 2.25. The van der Waals surface area contributed by atoms with Gasteiger partial charge in [-0.25, -0.2) is 4.79 Å². The fourth-order valence-corrected chi connectivity index (χ4v) is 1.48. The number of methoxy groups -OCH3 is 2. The van der Waals surface area contributed by atoms with Crippen LogP contribution in [0.4, 0.5) is 5.69 Å². The summed E-state index contributed by atoms with van der Waals surface area (Å²) in [5.41, 5.74) is -0.566. The van der Waals surface area contributed by atoms with Gasteiger partial charge in [0.15, 0.2) is 11.5 Å². The third kappa shape index (κ3) is 3.34. The summed E-state index contributed by atoms with van der Waals surface area (Å²) in [5.74, 6) is -0.363. The minimum atomic E-state index is -0.805. The monoisotopic (exact) mass is 269 g/mol. The zero-order valence-electron chi connectivity index (χ0n) is 11.1. The average molecular weight is 269 g/mol. The maximum Gasteiger partial charge on any atom is 0.345 e. The van der Waals surface area contributed by atoms with Gasteiger partial charge in [-0.05, 0) is 13.8 Å². The Hall–Kier alpha value is -2.31. The Bertz CT molecular complexity index is 497. The quantitative estimate of drug-likeness (QED) is 0.462. The lowest BCUT2D eigenvalue weighted by molar-refractivity contribution is -0.385. The molecule has 0 aliphatic rings. The van der Waals surface area contributed by atoms with Gasteiger partial charge in [-0.15, -0.1) is 0 Å². The molecule has 104 valence electrons. The summed E-state index contributed by atoms with van der Waals surface area (Å²) in [6.07, 6.45) is -0.183. The fourth-order valence-electron chi connectivity index (χ4n) is 1.48. The van der Waals surface area contributed by atoms with Crippen molar-refractivity contribution in [3.63, 3.8) is 0 Å². The average Bonchev–Trinajstić information content (AvgIpc) is 2.36. The predicted molar refractivity (Wildman–Crippen MR) is 66.8 cm³/mol. The number of rotatable bonds is 5. The number of nitrogens with zero attached hydrogens (tertiary/aromatic N) is 1. The molecule has 7 heteroatoms. The molecule has 1 aromatic rings. The van der Waals surface area contributed by atoms with Gasteiger partial charge in [-0.2, -0.15) is 0 Å². The molecule has 0 fully saturated rings. The van der Waals surface area contributed by atoms with E-state index < -0.39 is 10.9 Å². The van der Waals surface area contributed by atoms with Crippen LogP contribution in [-0.2, 0) is 4.74 Å². The zero-order valence-corrected chi connectivity index (χ0v) is 11.1. The van der Waals surface area contributed by atoms with Crippen LogP contribution < -0.4 is 9.47 Å². The van der Waals surface area contributed by atoms with Gasteiger partial charge in [0.1, 0.15) is 5.56 Å². The van der Waals surface area contributed by atoms with Crippen LogP contribution >= 0.6 is 0 Å². The Balaban J connectivity index is 3.41. The van der Waals surface area contributed by atoms with Gasteiger partial charge in [0, 0.05) is 6.07 Å². The van der Waals surface area contributed by atoms with E-state index in [9.17, 15) is 14.9 Å². The summed E-state index contributed by atoms with van der Waals surface area (Å²) in [7, 11) is 2.53. The maximum absolute atomic E-state index is 11.5. The van der Waals surface area contributed by atoms with E-state index in [4.69, 9.17) is 9.47 Å². The Morgan fingerprint density at radius 3 is 2.32 bits per heavy atom. The van der Waals surface area contributed by atoms with Crippen molar-refractivity contribution in [2.45, 2.75) is 20.0 Å². The number of ether oxygens (including phenoxy) is 3. The molecule has 0 saturated heterocycles. The van der Waals surface area contributed by atoms with E-state index in [0.717, 1.165) is 13.2 Å². The lowest BCUT2D eigenvalue weighted by Gasteiger charge is -2.14. The van der Waals surface area contributed by atoms with Crippen LogP contribution in [0.3, 0.4) is 0 Å². The van der Waals surface area contributed by atoms with Crippen LogP contribution in [-0.4, -0.2) is 31.2 Å². The van der Waals surface area contributed by atoms with Crippen LogP contribution in [0.15, 0.2) is 12.1 Å². The van der Waals surface area contributed by atoms with Gasteiger partial charge in [0.25, 0.3) is 5.69 Å². The van der Waals surface area contributed by atoms with Gasteiger partial charge in [-0.3, -0.25) is 10.1 Å². The first kappa shape index (κ1) is 14.7. The predicted octanol–water partition coefficient (Wildman–Crippen LogP) is 2.18. The standard InChI is InChI=1S/C12H15NO6/c1-7(2)19-11-6-9(13(15)16)8(12(14)18-4)5-10(11)17-3/h5-7H,1-4H3. The summed E-state index contributed by atoms with van der Waals surface area (Å²) in [4.78, 5) is 21.8. The summed E-state index contributed by atoms with van der Waals surface area (Å²) in [5, 5.41) is 11.0. The SMILES string of the molecule is COC(=O)c1cc(OC)c(OC(C)C)cc1[N+](=O)[O-]. The summed E-state index contributed by atoms with van der Waals surface area (Å²) >= 11 is 0. The largest absolute Gasteiger partial charge is 0.493 e. The van der Waals surface area contributed by atoms with Crippen molar-refractivity contribution in [3.8, 4) is 11.5 Å². The van der Waals surface area contributed by atoms with Crippen molar-refractivity contribution >= 4 is 11.7 Å². The second-order valence-corrected chi connectivity index (χ2v) is 3.94. The van der Waals surface area contributed by atoms with Crippen LogP contribution in [0.1, 0.15) is 24.2 Å². The molecule has 0 saturated carbocycles. The minimum Gasteiger partial charge on any atom is -0.493 e. The molecule has 0 bridgehead atoms. The third-order valence-corrected chi connectivity index (χ3v) is 2.25. The normalized spacial score (nSPS) is 10.2. The molecule has 0 aliphatic heterocycles. The molecule has 1 rings (SSSR count). The highest BCUT2D eigenvalue weighted by molar-refractivity contribution is 5.94. The van der Waals surface area contributed by atoms with Crippen LogP contribution in [0.25, 0.3) is 0 Å². The Labute approximate surface area is 110 Å². The smallest absolute Gasteiger partial charge is 0.345 e. The van der Waals surface area contributed by atoms with Crippen LogP contribution in [0.5, 0.6) is 11.5 Å². The first-order valence-corrected chi connectivity index (χ1v) is 5.52. The van der Waals surface area contributed by atoms with Crippen LogP contribution in [0, 0.1) is 10.1 Å². The van der Waals surface area contributed by atoms with E-state index in [1.165, 1.54) is 13.2 Å². The van der Waals surface area contributed by atoms with Crippen molar-refractivity contribution < 1.29 is 23.9 Å². The first-order chi connectivity index (χ1) is 8.90. The fraction of sp³-hybridized carbons (Fsp3) is 0.417. The molecular formula is C12H15NO6. The molecule has 7 nitrogen and oxygen atoms in total. The van der Waals surface area contributed by atoms with E-state index in [-0.39, 0.29) is 28.9 Å². The molecule has 0 amide bonds. The molecule has 0 unspecified atom stereocenters. The topological polar surface area (TPSA) is 87.9 Å². The maximum atomic E-state index is 11.5. The number of benzene rings is 1. The van der Waals surface area contributed by atoms with Gasteiger partial charge < -0.3 is 14.2 Å². The van der Waals surface area contributed by atoms with Crippen LogP contribution in [0.2, 0.25) is 0 Å². The van der Waals surface area contributed by atoms with Crippen molar-refractivity contribution in [2.75, 3.05) is 14.2 Å². The van der Waals surface area contributed by atoms with E-state index in [2.05, 4.69) is 4.74 Å². The number of nitro benzene ring substituents is 1. The highest BCUT2D eigenvalue weighted by atomic mass is 16.6. The summed E-state index contributed by atoms with van der Waals surface area (Å²) in [6, 6.07) is 2.40. The molecule has 0 N–H and O–H groups in total. The third-order valence-electron chi connectivity index (χ3n) is 2.25. The van der Waals surface area contributed by atoms with Crippen molar-refractivity contribution in [2.24, 2.45) is 0 Å². The Morgan fingerprint density at radius 1 is 1.26 bits per heavy atom. The lowest BCUT2D eigenvalue weighted by atomic mass is 10.1. The highest BCUT2D eigenvalue weighted by Crippen LogP contribution is 2.35. The number of carbonyl (C=O) groups excluding carboxylic acids is 1. The van der Waals surface area contributed by atoms with Gasteiger partial charge in [0.2, 0.25) is 0 Å². The summed E-state index contributed by atoms with van der Waals surface area (Å²) in [6.45, 7) is 3.55. The molecule has 0 atom stereocenters. The molecule has 19 heavy (non-hydrogen) atoms. The number of hydrogen-bond acceptors (Lipinski definition) is 6. The Morgan fingerprint density at radius 2 is 1.89 bits per heavy atom. The van der Waals surface area contributed by atoms with Gasteiger partial charge in [0.05, 0.1) is 31.3 Å². The first-order valence-electron chi connectivity index (χ1n) is 5.52. The molecule has 0 aliphatic carbocycles. The molecular weight excluding hydrogens is 254 g/mol. The second kappa shape index (κ2) is 6.03. The number of hydrogen-bond donors (Lipinski definition) is 0. The van der Waals surface area contributed by atoms with E-state index in [0.29, 0.717) is 0 Å². The van der Waals surface area contributed by atoms with Crippen molar-refractivity contribution in [1.82, 2.24) is 0 Å². The van der Waals surface area contributed by atoms with Crippen molar-refractivity contribution in [3.05, 3.63) is 27.8 Å². The number of carbonyl (C=O) groups is 1. The second-order valence-electron chi connectivity index (χ2n) is 3.94. The van der Waals surface area contributed by atoms with E-state index in [1.807, 2.05) is 0 Å². The molecule has 0 radical (unpaired) electrons. The molecule has 1 aromatic carbocycles. The van der Waals surface area contributed by atoms with Crippen molar-refractivity contribution in [1.29, 1.82) is 0 Å². The Kier molecular flexibility index (Phi) is 4.68. The number of nitro groups is 1. The molecule has 0 aromatic heterocycles. The zero-order chi connectivity index (χ0) is 14.6. The minimum absolute atomic E-state index is 0.180. The van der Waals surface area contributed by atoms with Gasteiger partial charge >= 0.3 is 5.97 Å². The number of esters is 1. The van der Waals surface area contributed by atoms with E-state index in [1.54, 1.807) is 13.8 Å². The lowest BCUT2D eigenvalue weighted by Crippen LogP contribution is -2.10. The summed E-state index contributed by atoms with van der Waals surface area (Å²) < 4.78 is 15.0. The molecule has 0 spiro atoms. The van der Waals surface area contributed by atoms with E-state index >= 15 is 0 Å². The molecule has 0 heterocycles.